The van der Waals surface area contributed by atoms with E-state index < -0.39 is 0 Å². The van der Waals surface area contributed by atoms with Crippen molar-refractivity contribution < 1.29 is 9.84 Å². The summed E-state index contributed by atoms with van der Waals surface area (Å²) >= 11 is 0. The third-order valence-electron chi connectivity index (χ3n) is 2.84. The Bertz CT molecular complexity index is 197. The molecule has 0 fully saturated rings. The summed E-state index contributed by atoms with van der Waals surface area (Å²) in [5, 5.41) is 12.5. The molecule has 1 atom stereocenters. The molecule has 2 N–H and O–H groups in total. The number of hydrogen-bond donors (Lipinski definition) is 2. The first-order chi connectivity index (χ1) is 7.66. The van der Waals surface area contributed by atoms with Crippen LogP contribution in [-0.4, -0.2) is 30.1 Å². The van der Waals surface area contributed by atoms with Crippen molar-refractivity contribution in [1.82, 2.24) is 5.32 Å². The van der Waals surface area contributed by atoms with Gasteiger partial charge in [-0.15, -0.1) is 0 Å². The Kier molecular flexibility index (Phi) is 7.29. The lowest BCUT2D eigenvalue weighted by atomic mass is 9.93. The van der Waals surface area contributed by atoms with Gasteiger partial charge in [-0.1, -0.05) is 27.7 Å². The lowest BCUT2D eigenvalue weighted by Gasteiger charge is -2.28. The molecule has 0 radical (unpaired) electrons. The minimum atomic E-state index is -0.389. The minimum Gasteiger partial charge on any atom is -0.379 e. The fourth-order valence-corrected chi connectivity index (χ4v) is 1.39. The third-order valence-corrected chi connectivity index (χ3v) is 2.84. The van der Waals surface area contributed by atoms with Gasteiger partial charge in [0.2, 0.25) is 0 Å². The molecule has 0 saturated heterocycles. The predicted molar refractivity (Wildman–Crippen MR) is 73.0 cm³/mol. The van der Waals surface area contributed by atoms with Crippen LogP contribution in [0.5, 0.6) is 0 Å². The van der Waals surface area contributed by atoms with Gasteiger partial charge < -0.3 is 9.84 Å². The average Bonchev–Trinajstić information content (AvgIpc) is 2.14. The summed E-state index contributed by atoms with van der Waals surface area (Å²) in [4.78, 5) is 0. The molecule has 0 amide bonds. The Labute approximate surface area is 107 Å². The van der Waals surface area contributed by atoms with Gasteiger partial charge >= 0.3 is 0 Å². The molecule has 0 aromatic carbocycles. The molecule has 0 aliphatic rings. The van der Waals surface area contributed by atoms with Crippen LogP contribution >= 0.6 is 0 Å². The van der Waals surface area contributed by atoms with Gasteiger partial charge in [0.1, 0.15) is 6.23 Å². The van der Waals surface area contributed by atoms with Crippen molar-refractivity contribution in [2.45, 2.75) is 72.6 Å². The van der Waals surface area contributed by atoms with E-state index in [-0.39, 0.29) is 11.8 Å². The van der Waals surface area contributed by atoms with Crippen LogP contribution < -0.4 is 5.32 Å². The number of nitrogens with one attached hydrogen (secondary N) is 1. The molecule has 0 heterocycles. The van der Waals surface area contributed by atoms with Crippen LogP contribution in [0.2, 0.25) is 0 Å². The summed E-state index contributed by atoms with van der Waals surface area (Å²) in [5.41, 5.74) is 0.207. The number of aliphatic hydroxyl groups excluding tert-OH is 1. The molecule has 0 rings (SSSR count). The fraction of sp³-hybridized carbons (Fsp3) is 1.00. The van der Waals surface area contributed by atoms with Crippen molar-refractivity contribution in [3.05, 3.63) is 0 Å². The highest BCUT2D eigenvalue weighted by Crippen LogP contribution is 2.21. The van der Waals surface area contributed by atoms with E-state index in [1.165, 1.54) is 0 Å². The van der Waals surface area contributed by atoms with Crippen molar-refractivity contribution in [2.75, 3.05) is 13.2 Å². The molecular formula is C14H31NO2. The van der Waals surface area contributed by atoms with E-state index in [1.54, 1.807) is 0 Å². The van der Waals surface area contributed by atoms with E-state index in [1.807, 2.05) is 6.92 Å². The highest BCUT2D eigenvalue weighted by Gasteiger charge is 2.19. The maximum absolute atomic E-state index is 9.39. The summed E-state index contributed by atoms with van der Waals surface area (Å²) in [6, 6.07) is 0. The van der Waals surface area contributed by atoms with Gasteiger partial charge in [0.15, 0.2) is 0 Å². The Balaban J connectivity index is 3.72. The van der Waals surface area contributed by atoms with E-state index in [2.05, 4.69) is 39.9 Å². The maximum atomic E-state index is 9.39. The zero-order valence-corrected chi connectivity index (χ0v) is 12.5. The minimum absolute atomic E-state index is 0.119. The predicted octanol–water partition coefficient (Wildman–Crippen LogP) is 2.93. The molecular weight excluding hydrogens is 214 g/mol. The van der Waals surface area contributed by atoms with Gasteiger partial charge in [-0.3, -0.25) is 5.32 Å². The normalized spacial score (nSPS) is 15.0. The molecule has 0 spiro atoms. The van der Waals surface area contributed by atoms with E-state index in [9.17, 15) is 5.11 Å². The summed E-state index contributed by atoms with van der Waals surface area (Å²) in [7, 11) is 0. The second kappa shape index (κ2) is 7.34. The van der Waals surface area contributed by atoms with Gasteiger partial charge in [0.05, 0.1) is 5.60 Å². The maximum Gasteiger partial charge on any atom is 0.104 e. The zero-order valence-electron chi connectivity index (χ0n) is 12.5. The molecule has 1 unspecified atom stereocenters. The molecule has 104 valence electrons. The van der Waals surface area contributed by atoms with Crippen molar-refractivity contribution >= 4 is 0 Å². The molecule has 0 aliphatic carbocycles. The Morgan fingerprint density at radius 1 is 1.12 bits per heavy atom. The summed E-state index contributed by atoms with van der Waals surface area (Å²) in [6.45, 7) is 14.4. The molecule has 3 nitrogen and oxygen atoms in total. The lowest BCUT2D eigenvalue weighted by molar-refractivity contribution is -0.0345. The van der Waals surface area contributed by atoms with E-state index in [0.717, 1.165) is 32.4 Å². The average molecular weight is 245 g/mol. The van der Waals surface area contributed by atoms with Crippen molar-refractivity contribution in [1.29, 1.82) is 0 Å². The zero-order chi connectivity index (χ0) is 13.5. The van der Waals surface area contributed by atoms with Crippen LogP contribution in [0.3, 0.4) is 0 Å². The highest BCUT2D eigenvalue weighted by molar-refractivity contribution is 4.71. The molecule has 3 heteroatoms. The second-order valence-corrected chi connectivity index (χ2v) is 6.55. The van der Waals surface area contributed by atoms with Gasteiger partial charge in [-0.25, -0.2) is 0 Å². The Morgan fingerprint density at radius 2 is 1.71 bits per heavy atom. The third kappa shape index (κ3) is 10.7. The van der Waals surface area contributed by atoms with E-state index >= 15 is 0 Å². The summed E-state index contributed by atoms with van der Waals surface area (Å²) in [5.74, 6) is 0. The van der Waals surface area contributed by atoms with Crippen LogP contribution in [0.25, 0.3) is 0 Å². The molecule has 0 bridgehead atoms. The summed E-state index contributed by atoms with van der Waals surface area (Å²) < 4.78 is 5.90. The first-order valence-corrected chi connectivity index (χ1v) is 6.72. The topological polar surface area (TPSA) is 41.5 Å². The van der Waals surface area contributed by atoms with Crippen LogP contribution in [0, 0.1) is 5.41 Å². The Hall–Kier alpha value is -0.120. The van der Waals surface area contributed by atoms with Gasteiger partial charge in [-0.05, 0) is 38.5 Å². The van der Waals surface area contributed by atoms with Crippen molar-refractivity contribution in [3.63, 3.8) is 0 Å². The highest BCUT2D eigenvalue weighted by atomic mass is 16.5. The van der Waals surface area contributed by atoms with Gasteiger partial charge in [-0.2, -0.15) is 0 Å². The van der Waals surface area contributed by atoms with Gasteiger partial charge in [0, 0.05) is 13.2 Å². The first-order valence-electron chi connectivity index (χ1n) is 6.72. The largest absolute Gasteiger partial charge is 0.379 e. The molecule has 17 heavy (non-hydrogen) atoms. The van der Waals surface area contributed by atoms with Crippen LogP contribution in [0.1, 0.15) is 60.8 Å². The summed E-state index contributed by atoms with van der Waals surface area (Å²) in [6.07, 6.45) is 2.33. The quantitative estimate of drug-likeness (QED) is 0.646. The number of rotatable bonds is 8. The smallest absolute Gasteiger partial charge is 0.104 e. The van der Waals surface area contributed by atoms with Crippen LogP contribution in [-0.2, 0) is 4.74 Å². The Morgan fingerprint density at radius 3 is 2.18 bits per heavy atom. The SMILES string of the molecule is CCC(O)NCCC(C)(C)OCCC(C)(C)C. The fourth-order valence-electron chi connectivity index (χ4n) is 1.39. The number of hydrogen-bond acceptors (Lipinski definition) is 3. The number of aliphatic hydroxyl groups is 1. The second-order valence-electron chi connectivity index (χ2n) is 6.55. The van der Waals surface area contributed by atoms with Gasteiger partial charge in [0.25, 0.3) is 0 Å². The molecule has 0 saturated carbocycles. The molecule has 0 aliphatic heterocycles. The number of ether oxygens (including phenoxy) is 1. The first kappa shape index (κ1) is 16.9. The van der Waals surface area contributed by atoms with Crippen molar-refractivity contribution in [2.24, 2.45) is 5.41 Å². The van der Waals surface area contributed by atoms with Crippen LogP contribution in [0.4, 0.5) is 0 Å². The monoisotopic (exact) mass is 245 g/mol. The standard InChI is InChI=1S/C14H31NO2/c1-7-12(16)15-10-8-14(5,6)17-11-9-13(2,3)4/h12,15-16H,7-11H2,1-6H3. The molecule has 0 aromatic heterocycles. The van der Waals surface area contributed by atoms with Crippen LogP contribution in [0.15, 0.2) is 0 Å². The van der Waals surface area contributed by atoms with Crippen molar-refractivity contribution in [3.8, 4) is 0 Å². The lowest BCUT2D eigenvalue weighted by Crippen LogP contribution is -2.35. The molecule has 0 aromatic rings. The van der Waals surface area contributed by atoms with E-state index in [0.29, 0.717) is 5.41 Å². The van der Waals surface area contributed by atoms with E-state index in [4.69, 9.17) is 4.74 Å².